The van der Waals surface area contributed by atoms with Crippen LogP contribution < -0.4 is 4.74 Å². The Labute approximate surface area is 138 Å². The first-order valence-electron chi connectivity index (χ1n) is 8.26. The number of aliphatic hydroxyl groups is 3. The summed E-state index contributed by atoms with van der Waals surface area (Å²) in [5.41, 5.74) is 5.08. The molecule has 0 aliphatic carbocycles. The summed E-state index contributed by atoms with van der Waals surface area (Å²) in [6.45, 7) is 2.47. The third-order valence-corrected chi connectivity index (χ3v) is 3.50. The average Bonchev–Trinajstić information content (AvgIpc) is 2.58. The molecule has 4 nitrogen and oxygen atoms in total. The van der Waals surface area contributed by atoms with Gasteiger partial charge in [-0.3, -0.25) is 0 Å². The SMILES string of the molecule is CCCCC(=C=CC[C@H](O)c1cccc(OCCO)c1)CCO. The number of aliphatic hydroxyl groups excluding tert-OH is 3. The molecule has 128 valence electrons. The van der Waals surface area contributed by atoms with E-state index < -0.39 is 6.10 Å². The predicted molar refractivity (Wildman–Crippen MR) is 91.4 cm³/mol. The molecule has 23 heavy (non-hydrogen) atoms. The summed E-state index contributed by atoms with van der Waals surface area (Å²) in [4.78, 5) is 0. The van der Waals surface area contributed by atoms with Crippen LogP contribution in [0.5, 0.6) is 5.75 Å². The zero-order valence-electron chi connectivity index (χ0n) is 13.9. The Morgan fingerprint density at radius 2 is 2.09 bits per heavy atom. The Kier molecular flexibility index (Phi) is 10.1. The lowest BCUT2D eigenvalue weighted by Crippen LogP contribution is -2.02. The molecule has 0 radical (unpaired) electrons. The van der Waals surface area contributed by atoms with Crippen LogP contribution in [0, 0.1) is 0 Å². The van der Waals surface area contributed by atoms with Gasteiger partial charge in [-0.15, -0.1) is 5.73 Å². The van der Waals surface area contributed by atoms with Crippen LogP contribution in [0.25, 0.3) is 0 Å². The van der Waals surface area contributed by atoms with Gasteiger partial charge in [0.2, 0.25) is 0 Å². The maximum atomic E-state index is 10.3. The molecule has 0 saturated heterocycles. The Bertz CT molecular complexity index is 504. The maximum absolute atomic E-state index is 10.3. The van der Waals surface area contributed by atoms with Gasteiger partial charge in [-0.1, -0.05) is 25.5 Å². The van der Waals surface area contributed by atoms with Crippen molar-refractivity contribution in [3.05, 3.63) is 47.2 Å². The molecule has 0 aliphatic heterocycles. The van der Waals surface area contributed by atoms with E-state index in [-0.39, 0.29) is 19.8 Å². The molecule has 0 aromatic heterocycles. The predicted octanol–water partition coefficient (Wildman–Crippen LogP) is 3.14. The Morgan fingerprint density at radius 3 is 2.78 bits per heavy atom. The van der Waals surface area contributed by atoms with Gasteiger partial charge < -0.3 is 20.1 Å². The van der Waals surface area contributed by atoms with E-state index in [0.29, 0.717) is 18.6 Å². The van der Waals surface area contributed by atoms with Crippen LogP contribution in [0.15, 0.2) is 41.6 Å². The lowest BCUT2D eigenvalue weighted by molar-refractivity contribution is 0.179. The second-order valence-electron chi connectivity index (χ2n) is 5.43. The summed E-state index contributed by atoms with van der Waals surface area (Å²) in [6, 6.07) is 7.25. The molecule has 1 aromatic rings. The lowest BCUT2D eigenvalue weighted by atomic mass is 10.0. The molecule has 0 saturated carbocycles. The van der Waals surface area contributed by atoms with Crippen LogP contribution in [0.2, 0.25) is 0 Å². The van der Waals surface area contributed by atoms with Gasteiger partial charge in [-0.2, -0.15) is 0 Å². The molecule has 1 atom stereocenters. The highest BCUT2D eigenvalue weighted by Gasteiger charge is 2.06. The molecule has 0 fully saturated rings. The van der Waals surface area contributed by atoms with Gasteiger partial charge >= 0.3 is 0 Å². The third kappa shape index (κ3) is 8.00. The van der Waals surface area contributed by atoms with E-state index in [9.17, 15) is 5.11 Å². The lowest BCUT2D eigenvalue weighted by Gasteiger charge is -2.10. The average molecular weight is 320 g/mol. The van der Waals surface area contributed by atoms with Crippen LogP contribution in [0.4, 0.5) is 0 Å². The fraction of sp³-hybridized carbons (Fsp3) is 0.526. The quantitative estimate of drug-likeness (QED) is 0.548. The van der Waals surface area contributed by atoms with Crippen LogP contribution in [-0.4, -0.2) is 35.1 Å². The van der Waals surface area contributed by atoms with Gasteiger partial charge in [-0.05, 0) is 48.6 Å². The minimum absolute atomic E-state index is 0.0360. The van der Waals surface area contributed by atoms with Gasteiger partial charge in [0, 0.05) is 13.0 Å². The summed E-state index contributed by atoms with van der Waals surface area (Å²) < 4.78 is 5.35. The van der Waals surface area contributed by atoms with Gasteiger partial charge in [-0.25, -0.2) is 0 Å². The number of hydrogen-bond donors (Lipinski definition) is 3. The summed E-state index contributed by atoms with van der Waals surface area (Å²) in [5, 5.41) is 28.1. The highest BCUT2D eigenvalue weighted by Crippen LogP contribution is 2.22. The van der Waals surface area contributed by atoms with Crippen molar-refractivity contribution in [1.82, 2.24) is 0 Å². The zero-order chi connectivity index (χ0) is 16.9. The van der Waals surface area contributed by atoms with Gasteiger partial charge in [0.25, 0.3) is 0 Å². The summed E-state index contributed by atoms with van der Waals surface area (Å²) >= 11 is 0. The van der Waals surface area contributed by atoms with Crippen LogP contribution >= 0.6 is 0 Å². The molecule has 1 rings (SSSR count). The molecule has 0 bridgehead atoms. The van der Waals surface area contributed by atoms with Gasteiger partial charge in [0.1, 0.15) is 12.4 Å². The first-order chi connectivity index (χ1) is 11.2. The minimum Gasteiger partial charge on any atom is -0.491 e. The van der Waals surface area contributed by atoms with E-state index >= 15 is 0 Å². The van der Waals surface area contributed by atoms with Crippen molar-refractivity contribution in [2.45, 2.75) is 45.1 Å². The van der Waals surface area contributed by atoms with Crippen molar-refractivity contribution in [2.24, 2.45) is 0 Å². The minimum atomic E-state index is -0.623. The van der Waals surface area contributed by atoms with Crippen molar-refractivity contribution in [1.29, 1.82) is 0 Å². The van der Waals surface area contributed by atoms with Crippen molar-refractivity contribution < 1.29 is 20.1 Å². The molecule has 0 amide bonds. The zero-order valence-corrected chi connectivity index (χ0v) is 13.9. The first kappa shape index (κ1) is 19.5. The molecule has 3 N–H and O–H groups in total. The van der Waals surface area contributed by atoms with E-state index in [1.165, 1.54) is 0 Å². The Morgan fingerprint density at radius 1 is 1.26 bits per heavy atom. The fourth-order valence-electron chi connectivity index (χ4n) is 2.22. The molecular formula is C19H28O4. The summed E-state index contributed by atoms with van der Waals surface area (Å²) in [7, 11) is 0. The van der Waals surface area contributed by atoms with E-state index in [4.69, 9.17) is 14.9 Å². The van der Waals surface area contributed by atoms with Crippen molar-refractivity contribution in [3.63, 3.8) is 0 Å². The van der Waals surface area contributed by atoms with E-state index in [1.54, 1.807) is 12.1 Å². The standard InChI is InChI=1S/C19H28O4/c1-2-3-6-16(11-12-20)7-4-10-19(22)17-8-5-9-18(15-17)23-14-13-21/h4-5,8-9,15,19-22H,2-3,6,10-14H2,1H3/t7?,19-/m0/s1. The van der Waals surface area contributed by atoms with Crippen molar-refractivity contribution >= 4 is 0 Å². The highest BCUT2D eigenvalue weighted by atomic mass is 16.5. The van der Waals surface area contributed by atoms with Gasteiger partial charge in [0.15, 0.2) is 0 Å². The molecule has 1 aromatic carbocycles. The topological polar surface area (TPSA) is 69.9 Å². The molecule has 0 aliphatic rings. The van der Waals surface area contributed by atoms with E-state index in [0.717, 1.165) is 30.4 Å². The molecule has 4 heteroatoms. The second kappa shape index (κ2) is 11.9. The first-order valence-corrected chi connectivity index (χ1v) is 8.26. The van der Waals surface area contributed by atoms with Gasteiger partial charge in [0.05, 0.1) is 12.7 Å². The molecule has 0 heterocycles. The van der Waals surface area contributed by atoms with Crippen LogP contribution in [0.1, 0.15) is 50.7 Å². The normalized spacial score (nSPS) is 11.7. The highest BCUT2D eigenvalue weighted by molar-refractivity contribution is 5.30. The third-order valence-electron chi connectivity index (χ3n) is 3.50. The van der Waals surface area contributed by atoms with Crippen LogP contribution in [-0.2, 0) is 0 Å². The van der Waals surface area contributed by atoms with Crippen LogP contribution in [0.3, 0.4) is 0 Å². The van der Waals surface area contributed by atoms with Crippen molar-refractivity contribution in [2.75, 3.05) is 19.8 Å². The van der Waals surface area contributed by atoms with E-state index in [1.807, 2.05) is 18.2 Å². The number of unbranched alkanes of at least 4 members (excludes halogenated alkanes) is 1. The molecule has 0 unspecified atom stereocenters. The Hall–Kier alpha value is -1.58. The smallest absolute Gasteiger partial charge is 0.119 e. The number of rotatable bonds is 11. The number of benzene rings is 1. The Balaban J connectivity index is 2.66. The molecular weight excluding hydrogens is 292 g/mol. The molecule has 0 spiro atoms. The summed E-state index contributed by atoms with van der Waals surface area (Å²) in [5.74, 6) is 0.638. The van der Waals surface area contributed by atoms with E-state index in [2.05, 4.69) is 12.7 Å². The number of hydrogen-bond acceptors (Lipinski definition) is 4. The summed E-state index contributed by atoms with van der Waals surface area (Å²) in [6.07, 6.45) is 5.45. The van der Waals surface area contributed by atoms with Crippen molar-refractivity contribution in [3.8, 4) is 5.75 Å². The monoisotopic (exact) mass is 320 g/mol. The maximum Gasteiger partial charge on any atom is 0.119 e. The fourth-order valence-corrected chi connectivity index (χ4v) is 2.22. The number of ether oxygens (including phenoxy) is 1. The second-order valence-corrected chi connectivity index (χ2v) is 5.43. The largest absolute Gasteiger partial charge is 0.491 e.